The van der Waals surface area contributed by atoms with E-state index in [1.165, 1.54) is 0 Å². The van der Waals surface area contributed by atoms with Crippen LogP contribution in [0.4, 0.5) is 0 Å². The molecule has 0 fully saturated rings. The van der Waals surface area contributed by atoms with Gasteiger partial charge < -0.3 is 4.57 Å². The summed E-state index contributed by atoms with van der Waals surface area (Å²) in [5.74, 6) is 0. The molecule has 0 aliphatic carbocycles. The molecular weight excluding hydrogens is 302 g/mol. The highest BCUT2D eigenvalue weighted by Gasteiger charge is 2.16. The van der Waals surface area contributed by atoms with E-state index in [2.05, 4.69) is 35.4 Å². The molecule has 1 atom stereocenters. The third kappa shape index (κ3) is 2.92. The Hall–Kier alpha value is -2.39. The molecule has 0 radical (unpaired) electrons. The maximum atomic E-state index is 11.5. The van der Waals surface area contributed by atoms with Gasteiger partial charge in [0.1, 0.15) is 0 Å². The predicted molar refractivity (Wildman–Crippen MR) is 101 cm³/mol. The summed E-state index contributed by atoms with van der Waals surface area (Å²) < 4.78 is 13.7. The summed E-state index contributed by atoms with van der Waals surface area (Å²) in [5.41, 5.74) is 5.31. The van der Waals surface area contributed by atoms with Crippen molar-refractivity contribution < 1.29 is 4.21 Å². The molecule has 0 saturated heterocycles. The van der Waals surface area contributed by atoms with E-state index in [1.54, 1.807) is 11.7 Å². The molecule has 0 bridgehead atoms. The minimum Gasteiger partial charge on any atom is -0.309 e. The first-order valence-electron chi connectivity index (χ1n) is 7.45. The van der Waals surface area contributed by atoms with Crippen LogP contribution in [-0.2, 0) is 10.8 Å². The highest BCUT2D eigenvalue weighted by atomic mass is 32.2. The topological polar surface area (TPSA) is 22.0 Å². The summed E-state index contributed by atoms with van der Waals surface area (Å²) in [5, 5.41) is 2.86. The van der Waals surface area contributed by atoms with Crippen molar-refractivity contribution >= 4 is 33.4 Å². The standard InChI is InChI=1S/C20H19NOS/c1-15(2)20-18(13-14-23(3)22)17-11-7-8-12-19(17)21(20)16-9-5-4-6-10-16/h4-14H,1H2,2-3H3/b14-13+. The molecule has 1 heterocycles. The Bertz CT molecular complexity index is 919. The fraction of sp³-hybridized carbons (Fsp3) is 0.100. The molecule has 0 aliphatic heterocycles. The first kappa shape index (κ1) is 15.5. The minimum atomic E-state index is -0.985. The molecule has 0 N–H and O–H groups in total. The van der Waals surface area contributed by atoms with Crippen LogP contribution < -0.4 is 0 Å². The Kier molecular flexibility index (Phi) is 4.30. The monoisotopic (exact) mass is 321 g/mol. The lowest BCUT2D eigenvalue weighted by Crippen LogP contribution is -1.98. The van der Waals surface area contributed by atoms with Crippen molar-refractivity contribution in [3.05, 3.63) is 77.8 Å². The second-order valence-electron chi connectivity index (χ2n) is 5.53. The van der Waals surface area contributed by atoms with Crippen LogP contribution >= 0.6 is 0 Å². The van der Waals surface area contributed by atoms with E-state index in [0.29, 0.717) is 0 Å². The number of benzene rings is 2. The van der Waals surface area contributed by atoms with Gasteiger partial charge in [-0.3, -0.25) is 4.21 Å². The molecule has 2 nitrogen and oxygen atoms in total. The normalized spacial score (nSPS) is 12.8. The van der Waals surface area contributed by atoms with Crippen LogP contribution in [0.15, 0.2) is 66.6 Å². The number of para-hydroxylation sites is 2. The molecule has 23 heavy (non-hydrogen) atoms. The quantitative estimate of drug-likeness (QED) is 0.662. The van der Waals surface area contributed by atoms with Gasteiger partial charge >= 0.3 is 0 Å². The number of nitrogens with zero attached hydrogens (tertiary/aromatic N) is 1. The van der Waals surface area contributed by atoms with Gasteiger partial charge in [-0.2, -0.15) is 0 Å². The van der Waals surface area contributed by atoms with Gasteiger partial charge in [0, 0.05) is 39.1 Å². The van der Waals surface area contributed by atoms with Gasteiger partial charge in [0.2, 0.25) is 0 Å². The highest BCUT2D eigenvalue weighted by molar-refractivity contribution is 7.87. The first-order valence-corrected chi connectivity index (χ1v) is 9.07. The van der Waals surface area contributed by atoms with Crippen LogP contribution in [-0.4, -0.2) is 15.0 Å². The van der Waals surface area contributed by atoms with E-state index in [0.717, 1.165) is 33.4 Å². The number of hydrogen-bond donors (Lipinski definition) is 0. The number of fused-ring (bicyclic) bond motifs is 1. The Balaban J connectivity index is 2.41. The van der Waals surface area contributed by atoms with E-state index in [9.17, 15) is 4.21 Å². The second-order valence-corrected chi connectivity index (χ2v) is 6.80. The molecule has 0 aliphatic rings. The van der Waals surface area contributed by atoms with Gasteiger partial charge in [0.15, 0.2) is 0 Å². The summed E-state index contributed by atoms with van der Waals surface area (Å²) in [6.45, 7) is 6.17. The van der Waals surface area contributed by atoms with Gasteiger partial charge in [-0.25, -0.2) is 0 Å². The van der Waals surface area contributed by atoms with E-state index < -0.39 is 10.8 Å². The zero-order chi connectivity index (χ0) is 16.4. The third-order valence-corrected chi connectivity index (χ3v) is 4.28. The Morgan fingerprint density at radius 3 is 2.39 bits per heavy atom. The van der Waals surface area contributed by atoms with Gasteiger partial charge in [-0.15, -0.1) is 0 Å². The number of rotatable bonds is 4. The van der Waals surface area contributed by atoms with Crippen LogP contribution in [0.1, 0.15) is 18.2 Å². The smallest absolute Gasteiger partial charge is 0.0564 e. The summed E-state index contributed by atoms with van der Waals surface area (Å²) >= 11 is 0. The molecule has 0 spiro atoms. The van der Waals surface area contributed by atoms with Crippen molar-refractivity contribution in [3.8, 4) is 5.69 Å². The zero-order valence-electron chi connectivity index (χ0n) is 13.3. The zero-order valence-corrected chi connectivity index (χ0v) is 14.1. The van der Waals surface area contributed by atoms with Crippen molar-refractivity contribution in [1.29, 1.82) is 0 Å². The van der Waals surface area contributed by atoms with Crippen LogP contribution in [0.5, 0.6) is 0 Å². The number of aromatic nitrogens is 1. The molecule has 3 rings (SSSR count). The average Bonchev–Trinajstić information content (AvgIpc) is 2.88. The number of hydrogen-bond acceptors (Lipinski definition) is 1. The number of allylic oxidation sites excluding steroid dienone is 1. The first-order chi connectivity index (χ1) is 11.1. The molecule has 116 valence electrons. The predicted octanol–water partition coefficient (Wildman–Crippen LogP) is 5.01. The van der Waals surface area contributed by atoms with Crippen LogP contribution in [0, 0.1) is 0 Å². The molecule has 3 aromatic rings. The maximum Gasteiger partial charge on any atom is 0.0564 e. The van der Waals surface area contributed by atoms with Gasteiger partial charge in [-0.1, -0.05) is 43.0 Å². The van der Waals surface area contributed by atoms with Crippen molar-refractivity contribution in [2.45, 2.75) is 6.92 Å². The van der Waals surface area contributed by atoms with E-state index in [-0.39, 0.29) is 0 Å². The van der Waals surface area contributed by atoms with E-state index in [1.807, 2.05) is 43.3 Å². The summed E-state index contributed by atoms with van der Waals surface area (Å²) in [4.78, 5) is 0. The Morgan fingerprint density at radius 2 is 1.74 bits per heavy atom. The fourth-order valence-corrected chi connectivity index (χ4v) is 3.19. The summed E-state index contributed by atoms with van der Waals surface area (Å²) in [6.07, 6.45) is 3.62. The van der Waals surface area contributed by atoms with Gasteiger partial charge in [0.05, 0.1) is 11.2 Å². The molecular formula is C20H19NOS. The Labute approximate surface area is 139 Å². The van der Waals surface area contributed by atoms with Gasteiger partial charge in [-0.05, 0) is 36.8 Å². The average molecular weight is 321 g/mol. The van der Waals surface area contributed by atoms with Crippen LogP contribution in [0.25, 0.3) is 28.2 Å². The summed E-state index contributed by atoms with van der Waals surface area (Å²) in [7, 11) is -0.985. The molecule has 2 aromatic carbocycles. The largest absolute Gasteiger partial charge is 0.309 e. The maximum absolute atomic E-state index is 11.5. The molecule has 0 amide bonds. The fourth-order valence-electron chi connectivity index (χ4n) is 2.86. The lowest BCUT2D eigenvalue weighted by atomic mass is 10.1. The van der Waals surface area contributed by atoms with Gasteiger partial charge in [0.25, 0.3) is 0 Å². The summed E-state index contributed by atoms with van der Waals surface area (Å²) in [6, 6.07) is 18.5. The lowest BCUT2D eigenvalue weighted by Gasteiger charge is -2.11. The molecule has 1 aromatic heterocycles. The van der Waals surface area contributed by atoms with Crippen LogP contribution in [0.3, 0.4) is 0 Å². The lowest BCUT2D eigenvalue weighted by molar-refractivity contribution is 0.692. The highest BCUT2D eigenvalue weighted by Crippen LogP contribution is 2.34. The van der Waals surface area contributed by atoms with Crippen molar-refractivity contribution in [2.24, 2.45) is 0 Å². The second kappa shape index (κ2) is 6.39. The van der Waals surface area contributed by atoms with Crippen LogP contribution in [0.2, 0.25) is 0 Å². The van der Waals surface area contributed by atoms with Crippen molar-refractivity contribution in [2.75, 3.05) is 6.26 Å². The molecule has 1 unspecified atom stereocenters. The molecule has 3 heteroatoms. The minimum absolute atomic E-state index is 0.978. The third-order valence-electron chi connectivity index (χ3n) is 3.76. The van der Waals surface area contributed by atoms with Crippen molar-refractivity contribution in [3.63, 3.8) is 0 Å². The Morgan fingerprint density at radius 1 is 1.09 bits per heavy atom. The van der Waals surface area contributed by atoms with Crippen molar-refractivity contribution in [1.82, 2.24) is 4.57 Å². The van der Waals surface area contributed by atoms with E-state index >= 15 is 0 Å². The van der Waals surface area contributed by atoms with E-state index in [4.69, 9.17) is 0 Å². The molecule has 0 saturated carbocycles. The SMILES string of the molecule is C=C(C)c1c(/C=C/S(C)=O)c2ccccc2n1-c1ccccc1.